The van der Waals surface area contributed by atoms with Gasteiger partial charge in [0.25, 0.3) is 0 Å². The van der Waals surface area contributed by atoms with Gasteiger partial charge >= 0.3 is 0 Å². The van der Waals surface area contributed by atoms with E-state index in [0.29, 0.717) is 13.1 Å². The minimum absolute atomic E-state index is 0. The molecule has 0 spiro atoms. The second kappa shape index (κ2) is 11.8. The normalized spacial score (nSPS) is 14.7. The number of pyridine rings is 2. The van der Waals surface area contributed by atoms with Crippen LogP contribution in [0.5, 0.6) is 0 Å². The van der Waals surface area contributed by atoms with Crippen molar-refractivity contribution in [1.29, 1.82) is 0 Å². The molecule has 0 radical (unpaired) electrons. The maximum Gasteiger partial charge on any atom is 0.191 e. The van der Waals surface area contributed by atoms with Crippen LogP contribution in [0.25, 0.3) is 5.65 Å². The summed E-state index contributed by atoms with van der Waals surface area (Å²) < 4.78 is 1.97. The highest BCUT2D eigenvalue weighted by Gasteiger charge is 2.11. The summed E-state index contributed by atoms with van der Waals surface area (Å²) in [5, 5.41) is 15.1. The molecule has 0 bridgehead atoms. The van der Waals surface area contributed by atoms with E-state index in [1.165, 1.54) is 25.7 Å². The van der Waals surface area contributed by atoms with Crippen LogP contribution < -0.4 is 15.5 Å². The van der Waals surface area contributed by atoms with Gasteiger partial charge < -0.3 is 15.5 Å². The Morgan fingerprint density at radius 1 is 1.03 bits per heavy atom. The Hall–Kier alpha value is -2.43. The Labute approximate surface area is 200 Å². The van der Waals surface area contributed by atoms with Crippen molar-refractivity contribution in [2.24, 2.45) is 4.99 Å². The fourth-order valence-electron chi connectivity index (χ4n) is 3.68. The fourth-order valence-corrected chi connectivity index (χ4v) is 3.68. The Bertz CT molecular complexity index is 961. The molecule has 8 nitrogen and oxygen atoms in total. The lowest BCUT2D eigenvalue weighted by Crippen LogP contribution is -2.37. The number of rotatable bonds is 6. The molecular formula is C22H31IN8. The van der Waals surface area contributed by atoms with Crippen LogP contribution in [-0.4, -0.2) is 45.2 Å². The number of aliphatic imine (C=N–C) groups is 1. The zero-order valence-electron chi connectivity index (χ0n) is 18.0. The van der Waals surface area contributed by atoms with Gasteiger partial charge in [0.2, 0.25) is 0 Å². The predicted octanol–water partition coefficient (Wildman–Crippen LogP) is 3.38. The number of halogens is 1. The topological polar surface area (TPSA) is 82.7 Å². The van der Waals surface area contributed by atoms with Gasteiger partial charge in [-0.05, 0) is 43.5 Å². The van der Waals surface area contributed by atoms with Gasteiger partial charge in [-0.25, -0.2) is 9.98 Å². The Morgan fingerprint density at radius 3 is 2.61 bits per heavy atom. The van der Waals surface area contributed by atoms with E-state index >= 15 is 0 Å². The number of anilines is 1. The molecule has 3 aromatic heterocycles. The third kappa shape index (κ3) is 6.28. The van der Waals surface area contributed by atoms with Crippen molar-refractivity contribution in [3.05, 3.63) is 54.1 Å². The highest BCUT2D eigenvalue weighted by atomic mass is 127. The van der Waals surface area contributed by atoms with Crippen LogP contribution in [-0.2, 0) is 13.1 Å². The van der Waals surface area contributed by atoms with E-state index in [2.05, 4.69) is 49.8 Å². The van der Waals surface area contributed by atoms with Gasteiger partial charge in [-0.3, -0.25) is 4.40 Å². The summed E-state index contributed by atoms with van der Waals surface area (Å²) in [4.78, 5) is 11.8. The van der Waals surface area contributed by atoms with E-state index in [1.54, 1.807) is 0 Å². The van der Waals surface area contributed by atoms with Crippen molar-refractivity contribution >= 4 is 41.4 Å². The van der Waals surface area contributed by atoms with E-state index in [1.807, 2.05) is 35.0 Å². The quantitative estimate of drug-likeness (QED) is 0.287. The molecule has 0 amide bonds. The number of nitrogens with zero attached hydrogens (tertiary/aromatic N) is 6. The smallest absolute Gasteiger partial charge is 0.191 e. The lowest BCUT2D eigenvalue weighted by Gasteiger charge is -2.21. The van der Waals surface area contributed by atoms with E-state index in [4.69, 9.17) is 4.99 Å². The maximum atomic E-state index is 4.70. The SMILES string of the molecule is CCNC(=NCc1ccc(N2CCCCCC2)nc1)NCc1nnc2ccccn12.I. The molecule has 4 rings (SSSR count). The van der Waals surface area contributed by atoms with Gasteiger partial charge in [-0.2, -0.15) is 0 Å². The minimum atomic E-state index is 0. The zero-order valence-corrected chi connectivity index (χ0v) is 20.3. The number of hydrogen-bond acceptors (Lipinski definition) is 5. The molecule has 0 unspecified atom stereocenters. The lowest BCUT2D eigenvalue weighted by atomic mass is 10.2. The van der Waals surface area contributed by atoms with Gasteiger partial charge in [0.05, 0.1) is 13.1 Å². The summed E-state index contributed by atoms with van der Waals surface area (Å²) in [7, 11) is 0. The predicted molar refractivity (Wildman–Crippen MR) is 135 cm³/mol. The number of fused-ring (bicyclic) bond motifs is 1. The fraction of sp³-hybridized carbons (Fsp3) is 0.455. The highest BCUT2D eigenvalue weighted by Crippen LogP contribution is 2.17. The Morgan fingerprint density at radius 2 is 1.87 bits per heavy atom. The van der Waals surface area contributed by atoms with E-state index < -0.39 is 0 Å². The van der Waals surface area contributed by atoms with E-state index in [0.717, 1.165) is 48.4 Å². The molecule has 0 aliphatic carbocycles. The van der Waals surface area contributed by atoms with Crippen molar-refractivity contribution in [3.63, 3.8) is 0 Å². The van der Waals surface area contributed by atoms with Crippen LogP contribution in [0.2, 0.25) is 0 Å². The minimum Gasteiger partial charge on any atom is -0.357 e. The molecule has 2 N–H and O–H groups in total. The molecule has 0 atom stereocenters. The molecule has 9 heteroatoms. The molecule has 1 aliphatic heterocycles. The molecule has 31 heavy (non-hydrogen) atoms. The van der Waals surface area contributed by atoms with Crippen LogP contribution in [0.4, 0.5) is 5.82 Å². The molecule has 0 aromatic carbocycles. The van der Waals surface area contributed by atoms with Crippen molar-refractivity contribution < 1.29 is 0 Å². The number of nitrogens with one attached hydrogen (secondary N) is 2. The van der Waals surface area contributed by atoms with Crippen molar-refractivity contribution in [1.82, 2.24) is 30.2 Å². The van der Waals surface area contributed by atoms with Crippen LogP contribution in [0.3, 0.4) is 0 Å². The Balaban J connectivity index is 0.00000272. The first-order valence-electron chi connectivity index (χ1n) is 10.8. The molecule has 1 aliphatic rings. The third-order valence-corrected chi connectivity index (χ3v) is 5.30. The van der Waals surface area contributed by atoms with Gasteiger partial charge in [0.1, 0.15) is 5.82 Å². The van der Waals surface area contributed by atoms with Gasteiger partial charge in [-0.15, -0.1) is 34.2 Å². The molecule has 1 saturated heterocycles. The molecule has 4 heterocycles. The summed E-state index contributed by atoms with van der Waals surface area (Å²) in [5.74, 6) is 2.68. The summed E-state index contributed by atoms with van der Waals surface area (Å²) in [6.45, 7) is 6.18. The Kier molecular flexibility index (Phi) is 8.86. The largest absolute Gasteiger partial charge is 0.357 e. The van der Waals surface area contributed by atoms with Crippen molar-refractivity contribution in [2.45, 2.75) is 45.7 Å². The van der Waals surface area contributed by atoms with Gasteiger partial charge in [0, 0.05) is 32.0 Å². The molecule has 3 aromatic rings. The summed E-state index contributed by atoms with van der Waals surface area (Å²) in [6, 6.07) is 10.1. The second-order valence-electron chi connectivity index (χ2n) is 7.52. The van der Waals surface area contributed by atoms with Gasteiger partial charge in [-0.1, -0.05) is 25.0 Å². The van der Waals surface area contributed by atoms with Crippen LogP contribution >= 0.6 is 24.0 Å². The van der Waals surface area contributed by atoms with E-state index in [-0.39, 0.29) is 24.0 Å². The third-order valence-electron chi connectivity index (χ3n) is 5.30. The monoisotopic (exact) mass is 534 g/mol. The zero-order chi connectivity index (χ0) is 20.6. The number of hydrogen-bond donors (Lipinski definition) is 2. The number of aromatic nitrogens is 4. The second-order valence-corrected chi connectivity index (χ2v) is 7.52. The van der Waals surface area contributed by atoms with Crippen LogP contribution in [0, 0.1) is 0 Å². The van der Waals surface area contributed by atoms with E-state index in [9.17, 15) is 0 Å². The molecule has 0 saturated carbocycles. The van der Waals surface area contributed by atoms with Crippen LogP contribution in [0.1, 0.15) is 44.0 Å². The molecular weight excluding hydrogens is 503 g/mol. The summed E-state index contributed by atoms with van der Waals surface area (Å²) in [5.41, 5.74) is 1.94. The van der Waals surface area contributed by atoms with Gasteiger partial charge in [0.15, 0.2) is 17.4 Å². The van der Waals surface area contributed by atoms with Crippen molar-refractivity contribution in [2.75, 3.05) is 24.5 Å². The molecule has 1 fully saturated rings. The summed E-state index contributed by atoms with van der Waals surface area (Å²) in [6.07, 6.45) is 9.08. The highest BCUT2D eigenvalue weighted by molar-refractivity contribution is 14.0. The first-order chi connectivity index (χ1) is 14.8. The standard InChI is InChI=1S/C22H30N8.HI/c1-2-23-22(26-17-21-28-27-20-9-5-8-14-30(20)21)25-16-18-10-11-19(24-15-18)29-12-6-3-4-7-13-29;/h5,8-11,14-15H,2-4,6-7,12-13,16-17H2,1H3,(H2,23,25,26);1H. The average Bonchev–Trinajstić information content (AvgIpc) is 3.00. The first kappa shape index (κ1) is 23.2. The van der Waals surface area contributed by atoms with Crippen molar-refractivity contribution in [3.8, 4) is 0 Å². The first-order valence-corrected chi connectivity index (χ1v) is 10.8. The van der Waals surface area contributed by atoms with Crippen LogP contribution in [0.15, 0.2) is 47.7 Å². The number of guanidine groups is 1. The summed E-state index contributed by atoms with van der Waals surface area (Å²) >= 11 is 0. The average molecular weight is 534 g/mol. The maximum absolute atomic E-state index is 4.70. The lowest BCUT2D eigenvalue weighted by molar-refractivity contribution is 0.726. The molecule has 166 valence electrons.